The number of phenols is 1. The van der Waals surface area contributed by atoms with Crippen molar-refractivity contribution in [3.63, 3.8) is 0 Å². The number of piperidine rings is 1. The minimum atomic E-state index is -1.05. The molecule has 0 spiro atoms. The largest absolute Gasteiger partial charge is 0.507 e. The molecule has 0 bridgehead atoms. The maximum absolute atomic E-state index is 14.1. The summed E-state index contributed by atoms with van der Waals surface area (Å²) in [5, 5.41) is 13.4. The van der Waals surface area contributed by atoms with Crippen LogP contribution in [0.15, 0.2) is 60.7 Å². The topological polar surface area (TPSA) is 132 Å². The van der Waals surface area contributed by atoms with Gasteiger partial charge in [0.2, 0.25) is 0 Å². The summed E-state index contributed by atoms with van der Waals surface area (Å²) in [6.45, 7) is 9.14. The fourth-order valence-corrected chi connectivity index (χ4v) is 7.26. The predicted molar refractivity (Wildman–Crippen MR) is 193 cm³/mol. The molecule has 0 aliphatic carbocycles. The number of nitrogens with zero attached hydrogens (tertiary/aromatic N) is 4. The molecule has 2 fully saturated rings. The highest BCUT2D eigenvalue weighted by Gasteiger charge is 2.35. The number of aryl methyl sites for hydroxylation is 2. The molecule has 0 unspecified atom stereocenters. The molecular weight excluding hydrogens is 650 g/mol. The number of para-hydroxylation sites is 1. The Kier molecular flexibility index (Phi) is 11.0. The van der Waals surface area contributed by atoms with Crippen molar-refractivity contribution in [2.45, 2.75) is 58.6 Å². The first kappa shape index (κ1) is 35.6. The van der Waals surface area contributed by atoms with E-state index in [1.165, 1.54) is 0 Å². The van der Waals surface area contributed by atoms with E-state index in [-0.39, 0.29) is 36.1 Å². The van der Waals surface area contributed by atoms with E-state index in [1.807, 2.05) is 53.4 Å². The summed E-state index contributed by atoms with van der Waals surface area (Å²) in [6.07, 6.45) is 0.545. The van der Waals surface area contributed by atoms with Gasteiger partial charge in [-0.15, -0.1) is 0 Å². The minimum Gasteiger partial charge on any atom is -0.507 e. The molecule has 3 aliphatic heterocycles. The molecule has 12 heteroatoms. The number of phenolic OH excluding ortho intramolecular Hbond substituents is 1. The zero-order chi connectivity index (χ0) is 36.1. The summed E-state index contributed by atoms with van der Waals surface area (Å²) in [5.41, 5.74) is 5.55. The number of fused-ring (bicyclic) bond motifs is 1. The number of esters is 1. The molecule has 4 amide bonds. The third kappa shape index (κ3) is 8.22. The standard InChI is InChI=1S/C39H47N5O7/c1-4-50-37(47)30-9-11-31(12-10-30)41-19-21-42(22-20-41)36(46)34(25-28-23-26(2)35(45)27(3)24-28)51-39(49)43-16-14-32(15-17-43)44-18-13-29-7-5-6-8-33(29)40-38(44)48/h5-12,23-24,32,34,45H,4,13-22,25H2,1-3H3,(H,40,48)/t34-/m1/s1. The number of carbonyl (C=O) groups excluding carboxylic acids is 4. The Bertz CT molecular complexity index is 1720. The van der Waals surface area contributed by atoms with Gasteiger partial charge in [0.15, 0.2) is 6.10 Å². The fourth-order valence-electron chi connectivity index (χ4n) is 7.26. The third-order valence-corrected chi connectivity index (χ3v) is 10.1. The molecule has 1 atom stereocenters. The van der Waals surface area contributed by atoms with Gasteiger partial charge in [0.05, 0.1) is 12.2 Å². The monoisotopic (exact) mass is 697 g/mol. The number of ether oxygens (including phenoxy) is 2. The second kappa shape index (κ2) is 15.7. The Labute approximate surface area is 298 Å². The number of amides is 4. The van der Waals surface area contributed by atoms with Gasteiger partial charge in [-0.2, -0.15) is 0 Å². The van der Waals surface area contributed by atoms with Crippen LogP contribution in [0.25, 0.3) is 0 Å². The Hall–Kier alpha value is -5.26. The normalized spacial score (nSPS) is 17.3. The molecule has 0 radical (unpaired) electrons. The number of rotatable bonds is 8. The first-order chi connectivity index (χ1) is 24.6. The van der Waals surface area contributed by atoms with Crippen LogP contribution < -0.4 is 10.2 Å². The van der Waals surface area contributed by atoms with Crippen LogP contribution in [0.4, 0.5) is 21.0 Å². The molecule has 6 rings (SSSR count). The van der Waals surface area contributed by atoms with Gasteiger partial charge in [0.25, 0.3) is 5.91 Å². The Morgan fingerprint density at radius 2 is 1.55 bits per heavy atom. The number of hydrogen-bond donors (Lipinski definition) is 2. The lowest BCUT2D eigenvalue weighted by molar-refractivity contribution is -0.141. The Morgan fingerprint density at radius 3 is 2.22 bits per heavy atom. The van der Waals surface area contributed by atoms with Crippen LogP contribution in [0.3, 0.4) is 0 Å². The summed E-state index contributed by atoms with van der Waals surface area (Å²) in [5.74, 6) is -0.422. The molecule has 3 aromatic carbocycles. The van der Waals surface area contributed by atoms with Gasteiger partial charge in [-0.1, -0.05) is 30.3 Å². The van der Waals surface area contributed by atoms with Crippen molar-refractivity contribution in [3.8, 4) is 5.75 Å². The lowest BCUT2D eigenvalue weighted by Gasteiger charge is -2.39. The van der Waals surface area contributed by atoms with E-state index in [0.717, 1.165) is 28.9 Å². The summed E-state index contributed by atoms with van der Waals surface area (Å²) in [4.78, 5) is 60.3. The van der Waals surface area contributed by atoms with Gasteiger partial charge in [0, 0.05) is 69.7 Å². The quantitative estimate of drug-likeness (QED) is 0.310. The van der Waals surface area contributed by atoms with Gasteiger partial charge in [-0.25, -0.2) is 14.4 Å². The maximum atomic E-state index is 14.1. The smallest absolute Gasteiger partial charge is 0.410 e. The van der Waals surface area contributed by atoms with E-state index in [4.69, 9.17) is 9.47 Å². The Morgan fingerprint density at radius 1 is 0.882 bits per heavy atom. The summed E-state index contributed by atoms with van der Waals surface area (Å²) >= 11 is 0. The van der Waals surface area contributed by atoms with Crippen molar-refractivity contribution in [2.24, 2.45) is 0 Å². The Balaban J connectivity index is 1.09. The molecule has 3 aromatic rings. The predicted octanol–water partition coefficient (Wildman–Crippen LogP) is 5.14. The highest BCUT2D eigenvalue weighted by molar-refractivity contribution is 5.91. The molecule has 3 heterocycles. The SMILES string of the molecule is CCOC(=O)c1ccc(N2CCN(C(=O)[C@@H](Cc3cc(C)c(O)c(C)c3)OC(=O)N3CCC(N4CCc5ccccc5NC4=O)CC3)CC2)cc1. The molecule has 0 aromatic heterocycles. The lowest BCUT2D eigenvalue weighted by Crippen LogP contribution is -2.54. The summed E-state index contributed by atoms with van der Waals surface area (Å²) in [6, 6.07) is 18.6. The molecule has 12 nitrogen and oxygen atoms in total. The van der Waals surface area contributed by atoms with Crippen LogP contribution in [-0.4, -0.2) is 108 Å². The number of carbonyl (C=O) groups is 4. The summed E-state index contributed by atoms with van der Waals surface area (Å²) < 4.78 is 11.1. The zero-order valence-corrected chi connectivity index (χ0v) is 29.6. The molecule has 0 saturated carbocycles. The van der Waals surface area contributed by atoms with Crippen LogP contribution in [0, 0.1) is 13.8 Å². The first-order valence-corrected chi connectivity index (χ1v) is 17.8. The van der Waals surface area contributed by atoms with Crippen molar-refractivity contribution in [1.29, 1.82) is 0 Å². The highest BCUT2D eigenvalue weighted by Crippen LogP contribution is 2.27. The number of likely N-dealkylation sites (tertiary alicyclic amines) is 1. The molecule has 2 saturated heterocycles. The molecular formula is C39H47N5O7. The van der Waals surface area contributed by atoms with Crippen molar-refractivity contribution in [1.82, 2.24) is 14.7 Å². The van der Waals surface area contributed by atoms with E-state index in [9.17, 15) is 24.3 Å². The van der Waals surface area contributed by atoms with Gasteiger partial charge < -0.3 is 39.5 Å². The minimum absolute atomic E-state index is 0.0126. The van der Waals surface area contributed by atoms with E-state index in [2.05, 4.69) is 10.2 Å². The summed E-state index contributed by atoms with van der Waals surface area (Å²) in [7, 11) is 0. The molecule has 3 aliphatic rings. The number of urea groups is 1. The number of nitrogens with one attached hydrogen (secondary N) is 1. The van der Waals surface area contributed by atoms with Crippen LogP contribution in [-0.2, 0) is 27.1 Å². The van der Waals surface area contributed by atoms with Crippen molar-refractivity contribution < 1.29 is 33.8 Å². The number of piperazine rings is 1. The molecule has 51 heavy (non-hydrogen) atoms. The van der Waals surface area contributed by atoms with E-state index < -0.39 is 12.2 Å². The van der Waals surface area contributed by atoms with Gasteiger partial charge >= 0.3 is 18.1 Å². The average Bonchev–Trinajstić information content (AvgIpc) is 3.31. The van der Waals surface area contributed by atoms with E-state index >= 15 is 0 Å². The second-order valence-electron chi connectivity index (χ2n) is 13.5. The molecule has 270 valence electrons. The van der Waals surface area contributed by atoms with Crippen LogP contribution >= 0.6 is 0 Å². The van der Waals surface area contributed by atoms with Crippen LogP contribution in [0.1, 0.15) is 52.4 Å². The third-order valence-electron chi connectivity index (χ3n) is 10.1. The van der Waals surface area contributed by atoms with Crippen molar-refractivity contribution >= 4 is 35.4 Å². The fraction of sp³-hybridized carbons (Fsp3) is 0.436. The maximum Gasteiger partial charge on any atom is 0.410 e. The second-order valence-corrected chi connectivity index (χ2v) is 13.5. The number of hydrogen-bond acceptors (Lipinski definition) is 8. The van der Waals surface area contributed by atoms with Crippen molar-refractivity contribution in [3.05, 3.63) is 88.5 Å². The van der Waals surface area contributed by atoms with Gasteiger partial charge in [-0.3, -0.25) is 4.79 Å². The molecule has 2 N–H and O–H groups in total. The lowest BCUT2D eigenvalue weighted by atomic mass is 10.0. The van der Waals surface area contributed by atoms with Crippen molar-refractivity contribution in [2.75, 3.05) is 62.6 Å². The van der Waals surface area contributed by atoms with Crippen LogP contribution in [0.2, 0.25) is 0 Å². The number of aromatic hydroxyl groups is 1. The van der Waals surface area contributed by atoms with E-state index in [0.29, 0.717) is 82.0 Å². The van der Waals surface area contributed by atoms with Gasteiger partial charge in [0.1, 0.15) is 5.75 Å². The van der Waals surface area contributed by atoms with E-state index in [1.54, 1.807) is 42.7 Å². The highest BCUT2D eigenvalue weighted by atomic mass is 16.6. The zero-order valence-electron chi connectivity index (χ0n) is 29.6. The van der Waals surface area contributed by atoms with Crippen LogP contribution in [0.5, 0.6) is 5.75 Å². The first-order valence-electron chi connectivity index (χ1n) is 17.8. The van der Waals surface area contributed by atoms with Gasteiger partial charge in [-0.05, 0) is 92.6 Å². The number of benzene rings is 3. The average molecular weight is 698 g/mol. The number of anilines is 2.